The molecule has 2 aromatic carbocycles. The van der Waals surface area contributed by atoms with Gasteiger partial charge in [0, 0.05) is 11.6 Å². The molecule has 1 saturated heterocycles. The fraction of sp³-hybridized carbons (Fsp3) is 0.350. The smallest absolute Gasteiger partial charge is 0.311 e. The third-order valence-corrected chi connectivity index (χ3v) is 5.10. The number of ether oxygens (including phenoxy) is 1. The summed E-state index contributed by atoms with van der Waals surface area (Å²) in [7, 11) is 1.36. The zero-order valence-electron chi connectivity index (χ0n) is 16.1. The van der Waals surface area contributed by atoms with Crippen molar-refractivity contribution in [1.82, 2.24) is 0 Å². The Labute approximate surface area is 163 Å². The Kier molecular flexibility index (Phi) is 6.10. The predicted molar refractivity (Wildman–Crippen MR) is 107 cm³/mol. The van der Waals surface area contributed by atoms with Gasteiger partial charge in [-0.05, 0) is 31.2 Å². The zero-order chi connectivity index (χ0) is 20.1. The lowest BCUT2D eigenvalue weighted by atomic mass is 10.1. The van der Waals surface area contributed by atoms with Crippen LogP contribution in [0, 0.1) is 10.1 Å². The van der Waals surface area contributed by atoms with Gasteiger partial charge < -0.3 is 19.9 Å². The summed E-state index contributed by atoms with van der Waals surface area (Å²) < 4.78 is 4.99. The monoisotopic (exact) mass is 385 g/mol. The van der Waals surface area contributed by atoms with Crippen LogP contribution in [0.1, 0.15) is 17.3 Å². The maximum absolute atomic E-state index is 12.7. The third-order valence-electron chi connectivity index (χ3n) is 5.10. The first-order valence-electron chi connectivity index (χ1n) is 9.34. The predicted octanol–water partition coefficient (Wildman–Crippen LogP) is 1.58. The average Bonchev–Trinajstić information content (AvgIpc) is 2.73. The van der Waals surface area contributed by atoms with E-state index in [4.69, 9.17) is 4.74 Å². The molecule has 0 aliphatic carbocycles. The standard InChI is InChI=1S/C20H24N4O4/c1-3-22-10-12-23(13-11-22)17-7-5-4-6-16(17)21-20(25)15-8-9-19(28-2)18(14-15)24(26)27/h4-9,14H,3,10-13H2,1-2H3,(H,21,25)/p+1. The summed E-state index contributed by atoms with van der Waals surface area (Å²) >= 11 is 0. The second-order valence-electron chi connectivity index (χ2n) is 6.71. The molecule has 1 amide bonds. The van der Waals surface area contributed by atoms with Crippen LogP contribution in [0.3, 0.4) is 0 Å². The largest absolute Gasteiger partial charge is 0.490 e. The van der Waals surface area contributed by atoms with Crippen molar-refractivity contribution >= 4 is 23.0 Å². The fourth-order valence-electron chi connectivity index (χ4n) is 3.44. The van der Waals surface area contributed by atoms with E-state index in [0.717, 1.165) is 38.4 Å². The summed E-state index contributed by atoms with van der Waals surface area (Å²) in [5, 5.41) is 14.1. The van der Waals surface area contributed by atoms with Crippen molar-refractivity contribution in [2.75, 3.05) is 50.1 Å². The van der Waals surface area contributed by atoms with Crippen molar-refractivity contribution in [3.05, 3.63) is 58.1 Å². The Morgan fingerprint density at radius 2 is 1.96 bits per heavy atom. The molecule has 28 heavy (non-hydrogen) atoms. The molecule has 2 N–H and O–H groups in total. The van der Waals surface area contributed by atoms with Gasteiger partial charge in [0.2, 0.25) is 0 Å². The minimum atomic E-state index is -0.556. The number of para-hydroxylation sites is 2. The fourth-order valence-corrected chi connectivity index (χ4v) is 3.44. The Hall–Kier alpha value is -3.13. The summed E-state index contributed by atoms with van der Waals surface area (Å²) in [6.45, 7) is 7.26. The second-order valence-corrected chi connectivity index (χ2v) is 6.71. The maximum atomic E-state index is 12.7. The molecule has 0 unspecified atom stereocenters. The number of nitro benzene ring substituents is 1. The van der Waals surface area contributed by atoms with Gasteiger partial charge in [0.25, 0.3) is 5.91 Å². The van der Waals surface area contributed by atoms with E-state index in [2.05, 4.69) is 17.1 Å². The number of amides is 1. The number of hydrogen-bond donors (Lipinski definition) is 2. The zero-order valence-corrected chi connectivity index (χ0v) is 16.1. The molecule has 0 radical (unpaired) electrons. The average molecular weight is 385 g/mol. The number of likely N-dealkylation sites (N-methyl/N-ethyl adjacent to an activating group) is 1. The first kappa shape index (κ1) is 19.6. The van der Waals surface area contributed by atoms with Crippen molar-refractivity contribution in [3.63, 3.8) is 0 Å². The van der Waals surface area contributed by atoms with Crippen LogP contribution in [0.25, 0.3) is 0 Å². The lowest BCUT2D eigenvalue weighted by Gasteiger charge is -2.34. The van der Waals surface area contributed by atoms with E-state index >= 15 is 0 Å². The summed E-state index contributed by atoms with van der Waals surface area (Å²) in [6, 6.07) is 11.8. The summed E-state index contributed by atoms with van der Waals surface area (Å²) in [4.78, 5) is 27.2. The van der Waals surface area contributed by atoms with Gasteiger partial charge in [0.05, 0.1) is 56.1 Å². The van der Waals surface area contributed by atoms with Crippen LogP contribution in [-0.2, 0) is 0 Å². The molecule has 0 saturated carbocycles. The highest BCUT2D eigenvalue weighted by Crippen LogP contribution is 2.29. The van der Waals surface area contributed by atoms with Crippen LogP contribution in [-0.4, -0.2) is 50.7 Å². The molecule has 0 aromatic heterocycles. The van der Waals surface area contributed by atoms with Crippen LogP contribution in [0.5, 0.6) is 5.75 Å². The normalized spacial score (nSPS) is 14.6. The van der Waals surface area contributed by atoms with Crippen molar-refractivity contribution < 1.29 is 19.4 Å². The quantitative estimate of drug-likeness (QED) is 0.582. The first-order valence-corrected chi connectivity index (χ1v) is 9.34. The number of nitrogens with zero attached hydrogens (tertiary/aromatic N) is 2. The van der Waals surface area contributed by atoms with Crippen LogP contribution in [0.4, 0.5) is 17.1 Å². The Morgan fingerprint density at radius 3 is 2.61 bits per heavy atom. The number of nitrogens with one attached hydrogen (secondary N) is 2. The highest BCUT2D eigenvalue weighted by Gasteiger charge is 2.22. The summed E-state index contributed by atoms with van der Waals surface area (Å²) in [5.41, 5.74) is 1.64. The molecule has 0 bridgehead atoms. The van der Waals surface area contributed by atoms with E-state index < -0.39 is 10.8 Å². The van der Waals surface area contributed by atoms with Crippen LogP contribution >= 0.6 is 0 Å². The maximum Gasteiger partial charge on any atom is 0.311 e. The van der Waals surface area contributed by atoms with E-state index in [1.54, 1.807) is 4.90 Å². The van der Waals surface area contributed by atoms with Gasteiger partial charge in [-0.1, -0.05) is 12.1 Å². The van der Waals surface area contributed by atoms with Crippen molar-refractivity contribution in [2.45, 2.75) is 6.92 Å². The van der Waals surface area contributed by atoms with Gasteiger partial charge in [-0.3, -0.25) is 14.9 Å². The Balaban J connectivity index is 1.80. The molecule has 0 spiro atoms. The first-order chi connectivity index (χ1) is 13.5. The Morgan fingerprint density at radius 1 is 1.25 bits per heavy atom. The lowest BCUT2D eigenvalue weighted by Crippen LogP contribution is -3.14. The van der Waals surface area contributed by atoms with Crippen LogP contribution in [0.15, 0.2) is 42.5 Å². The van der Waals surface area contributed by atoms with Gasteiger partial charge in [-0.15, -0.1) is 0 Å². The molecular formula is C20H25N4O4+. The number of anilines is 2. The van der Waals surface area contributed by atoms with Gasteiger partial charge in [-0.25, -0.2) is 0 Å². The van der Waals surface area contributed by atoms with E-state index in [1.807, 2.05) is 24.3 Å². The van der Waals surface area contributed by atoms with Crippen molar-refractivity contribution in [2.24, 2.45) is 0 Å². The molecule has 8 nitrogen and oxygen atoms in total. The number of benzene rings is 2. The van der Waals surface area contributed by atoms with Gasteiger partial charge in [-0.2, -0.15) is 0 Å². The molecular weight excluding hydrogens is 360 g/mol. The minimum Gasteiger partial charge on any atom is -0.490 e. The second kappa shape index (κ2) is 8.71. The van der Waals surface area contributed by atoms with E-state index in [9.17, 15) is 14.9 Å². The molecule has 1 aliphatic rings. The van der Waals surface area contributed by atoms with Gasteiger partial charge in [0.15, 0.2) is 5.75 Å². The summed E-state index contributed by atoms with van der Waals surface area (Å²) in [6.07, 6.45) is 0. The number of rotatable bonds is 6. The minimum absolute atomic E-state index is 0.123. The van der Waals surface area contributed by atoms with Gasteiger partial charge in [0.1, 0.15) is 0 Å². The van der Waals surface area contributed by atoms with Crippen molar-refractivity contribution in [1.29, 1.82) is 0 Å². The number of hydrogen-bond acceptors (Lipinski definition) is 5. The molecule has 2 aromatic rings. The topological polar surface area (TPSA) is 89.2 Å². The highest BCUT2D eigenvalue weighted by atomic mass is 16.6. The number of nitro groups is 1. The number of carbonyl (C=O) groups is 1. The van der Waals surface area contributed by atoms with E-state index in [0.29, 0.717) is 5.69 Å². The molecule has 1 heterocycles. The SMILES string of the molecule is CC[NH+]1CCN(c2ccccc2NC(=O)c2ccc(OC)c([N+](=O)[O-])c2)CC1. The van der Waals surface area contributed by atoms with Crippen molar-refractivity contribution in [3.8, 4) is 5.75 Å². The number of piperazine rings is 1. The number of quaternary nitrogens is 1. The Bertz CT molecular complexity index is 863. The number of carbonyl (C=O) groups excluding carboxylic acids is 1. The molecule has 1 fully saturated rings. The molecule has 148 valence electrons. The molecule has 1 aliphatic heterocycles. The van der Waals surface area contributed by atoms with E-state index in [-0.39, 0.29) is 17.0 Å². The summed E-state index contributed by atoms with van der Waals surface area (Å²) in [5.74, 6) is -0.269. The third kappa shape index (κ3) is 4.23. The number of methoxy groups -OCH3 is 1. The molecule has 8 heteroatoms. The van der Waals surface area contributed by atoms with Crippen LogP contribution < -0.4 is 19.9 Å². The van der Waals surface area contributed by atoms with Crippen LogP contribution in [0.2, 0.25) is 0 Å². The molecule has 0 atom stereocenters. The van der Waals surface area contributed by atoms with Gasteiger partial charge >= 0.3 is 5.69 Å². The van der Waals surface area contributed by atoms with E-state index in [1.165, 1.54) is 25.3 Å². The molecule has 3 rings (SSSR count). The lowest BCUT2D eigenvalue weighted by molar-refractivity contribution is -0.898. The highest BCUT2D eigenvalue weighted by molar-refractivity contribution is 6.06.